The number of nitrogen functional groups attached to an aromatic ring is 1. The number of anilines is 1. The minimum Gasteiger partial charge on any atom is -0.388 e. The van der Waals surface area contributed by atoms with Crippen LogP contribution in [0.3, 0.4) is 0 Å². The van der Waals surface area contributed by atoms with Crippen LogP contribution in [0.5, 0.6) is 0 Å². The highest BCUT2D eigenvalue weighted by Gasteiger charge is 2.38. The molecule has 0 aliphatic heterocycles. The lowest BCUT2D eigenvalue weighted by Gasteiger charge is -2.21. The molecule has 1 aliphatic rings. The van der Waals surface area contributed by atoms with Gasteiger partial charge in [-0.1, -0.05) is 36.7 Å². The predicted molar refractivity (Wildman–Crippen MR) is 123 cm³/mol. The number of pyridine rings is 2. The van der Waals surface area contributed by atoms with Crippen molar-refractivity contribution in [2.45, 2.75) is 31.6 Å². The van der Waals surface area contributed by atoms with Crippen LogP contribution in [0.25, 0.3) is 21.9 Å². The molecule has 3 aromatic heterocycles. The third kappa shape index (κ3) is 3.47. The van der Waals surface area contributed by atoms with Gasteiger partial charge in [0.1, 0.15) is 23.7 Å². The quantitative estimate of drug-likeness (QED) is 0.423. The van der Waals surface area contributed by atoms with Crippen molar-refractivity contribution in [2.75, 3.05) is 5.73 Å². The number of halogens is 1. The third-order valence-corrected chi connectivity index (χ3v) is 6.45. The average molecular weight is 435 g/mol. The highest BCUT2D eigenvalue weighted by molar-refractivity contribution is 6.33. The van der Waals surface area contributed by atoms with E-state index in [1.54, 1.807) is 6.20 Å². The van der Waals surface area contributed by atoms with E-state index in [2.05, 4.69) is 16.9 Å². The number of aromatic nitrogens is 3. The van der Waals surface area contributed by atoms with Gasteiger partial charge in [0.15, 0.2) is 0 Å². The summed E-state index contributed by atoms with van der Waals surface area (Å²) < 4.78 is 1.93. The molecular formula is C24H23ClN4O2. The number of aliphatic hydroxyl groups excluding tert-OH is 2. The van der Waals surface area contributed by atoms with Crippen molar-refractivity contribution in [3.8, 4) is 0 Å². The molecule has 5 rings (SSSR count). The summed E-state index contributed by atoms with van der Waals surface area (Å²) in [5.41, 5.74) is 9.34. The van der Waals surface area contributed by atoms with Crippen LogP contribution in [0.2, 0.25) is 5.02 Å². The first-order valence-electron chi connectivity index (χ1n) is 10.3. The molecule has 31 heavy (non-hydrogen) atoms. The van der Waals surface area contributed by atoms with Gasteiger partial charge in [0.05, 0.1) is 16.6 Å². The smallest absolute Gasteiger partial charge is 0.142 e. The molecule has 0 saturated heterocycles. The third-order valence-electron chi connectivity index (χ3n) is 6.15. The molecular weight excluding hydrogens is 412 g/mol. The van der Waals surface area contributed by atoms with Gasteiger partial charge >= 0.3 is 0 Å². The van der Waals surface area contributed by atoms with Crippen LogP contribution in [0, 0.1) is 5.92 Å². The fourth-order valence-corrected chi connectivity index (χ4v) is 4.67. The summed E-state index contributed by atoms with van der Waals surface area (Å²) in [5.74, 6) is 0.346. The van der Waals surface area contributed by atoms with E-state index in [0.717, 1.165) is 33.1 Å². The lowest BCUT2D eigenvalue weighted by Crippen LogP contribution is -2.30. The van der Waals surface area contributed by atoms with Gasteiger partial charge in [-0.2, -0.15) is 0 Å². The van der Waals surface area contributed by atoms with Gasteiger partial charge in [-0.25, -0.2) is 9.97 Å². The highest BCUT2D eigenvalue weighted by Crippen LogP contribution is 2.36. The van der Waals surface area contributed by atoms with E-state index < -0.39 is 12.2 Å². The summed E-state index contributed by atoms with van der Waals surface area (Å²) in [5, 5.41) is 24.0. The molecule has 4 N–H and O–H groups in total. The van der Waals surface area contributed by atoms with Crippen LogP contribution < -0.4 is 5.73 Å². The summed E-state index contributed by atoms with van der Waals surface area (Å²) in [4.78, 5) is 8.81. The van der Waals surface area contributed by atoms with E-state index in [9.17, 15) is 10.2 Å². The molecule has 0 fully saturated rings. The monoisotopic (exact) mass is 434 g/mol. The molecule has 3 heterocycles. The van der Waals surface area contributed by atoms with Gasteiger partial charge in [-0.3, -0.25) is 0 Å². The Labute approximate surface area is 184 Å². The Balaban J connectivity index is 1.43. The summed E-state index contributed by atoms with van der Waals surface area (Å²) in [6.45, 7) is 2.06. The van der Waals surface area contributed by atoms with E-state index in [-0.39, 0.29) is 12.0 Å². The summed E-state index contributed by atoms with van der Waals surface area (Å²) in [6.07, 6.45) is 4.48. The maximum Gasteiger partial charge on any atom is 0.142 e. The van der Waals surface area contributed by atoms with E-state index in [0.29, 0.717) is 17.3 Å². The SMILES string of the molecule is CC(Cc1ccc2cc(Cl)c(N)nc2c1)C1=C[C@@H](n2ccc3cccnc32)[C@H](O)[C@@H]1O. The van der Waals surface area contributed by atoms with Crippen molar-refractivity contribution >= 4 is 39.4 Å². The molecule has 0 saturated carbocycles. The molecule has 1 unspecified atom stereocenters. The molecule has 0 spiro atoms. The number of hydrogen-bond acceptors (Lipinski definition) is 5. The van der Waals surface area contributed by atoms with E-state index >= 15 is 0 Å². The Kier molecular flexibility index (Phi) is 4.93. The van der Waals surface area contributed by atoms with Crippen LogP contribution in [0.4, 0.5) is 5.82 Å². The first-order valence-corrected chi connectivity index (χ1v) is 10.6. The number of aliphatic hydroxyl groups is 2. The maximum atomic E-state index is 10.8. The lowest BCUT2D eigenvalue weighted by atomic mass is 9.91. The number of rotatable bonds is 4. The van der Waals surface area contributed by atoms with Crippen molar-refractivity contribution < 1.29 is 10.2 Å². The van der Waals surface area contributed by atoms with Crippen LogP contribution in [-0.2, 0) is 6.42 Å². The molecule has 0 bridgehead atoms. The summed E-state index contributed by atoms with van der Waals surface area (Å²) >= 11 is 6.07. The van der Waals surface area contributed by atoms with Gasteiger partial charge in [-0.15, -0.1) is 0 Å². The molecule has 1 aliphatic carbocycles. The van der Waals surface area contributed by atoms with Crippen LogP contribution in [-0.4, -0.2) is 37.0 Å². The molecule has 1 aromatic carbocycles. The molecule has 4 aromatic rings. The number of fused-ring (bicyclic) bond motifs is 2. The summed E-state index contributed by atoms with van der Waals surface area (Å²) in [7, 11) is 0. The van der Waals surface area contributed by atoms with Gasteiger partial charge in [0.2, 0.25) is 0 Å². The van der Waals surface area contributed by atoms with Gasteiger partial charge in [-0.05, 0) is 53.8 Å². The molecule has 4 atom stereocenters. The van der Waals surface area contributed by atoms with Crippen molar-refractivity contribution in [1.29, 1.82) is 0 Å². The van der Waals surface area contributed by atoms with Crippen LogP contribution in [0.1, 0.15) is 18.5 Å². The lowest BCUT2D eigenvalue weighted by molar-refractivity contribution is 0.0293. The van der Waals surface area contributed by atoms with E-state index in [1.807, 2.05) is 59.3 Å². The number of hydrogen-bond donors (Lipinski definition) is 3. The number of benzene rings is 1. The predicted octanol–water partition coefficient (Wildman–Crippen LogP) is 3.90. The Morgan fingerprint density at radius 3 is 2.84 bits per heavy atom. The van der Waals surface area contributed by atoms with Crippen molar-refractivity contribution in [3.63, 3.8) is 0 Å². The normalized spacial score (nSPS) is 22.2. The zero-order valence-corrected chi connectivity index (χ0v) is 17.7. The molecule has 7 heteroatoms. The molecule has 0 amide bonds. The fourth-order valence-electron chi connectivity index (χ4n) is 4.51. The number of nitrogens with two attached hydrogens (primary N) is 1. The zero-order valence-electron chi connectivity index (χ0n) is 17.0. The van der Waals surface area contributed by atoms with Crippen molar-refractivity contribution in [3.05, 3.63) is 77.1 Å². The average Bonchev–Trinajstić information content (AvgIpc) is 3.30. The van der Waals surface area contributed by atoms with E-state index in [1.165, 1.54) is 0 Å². The number of nitrogens with zero attached hydrogens (tertiary/aromatic N) is 3. The summed E-state index contributed by atoms with van der Waals surface area (Å²) in [6, 6.07) is 13.3. The zero-order chi connectivity index (χ0) is 21.7. The van der Waals surface area contributed by atoms with Crippen molar-refractivity contribution in [1.82, 2.24) is 14.5 Å². The minimum atomic E-state index is -0.922. The molecule has 6 nitrogen and oxygen atoms in total. The Morgan fingerprint density at radius 2 is 2.00 bits per heavy atom. The minimum absolute atomic E-state index is 0.0338. The highest BCUT2D eigenvalue weighted by atomic mass is 35.5. The molecule has 158 valence electrons. The topological polar surface area (TPSA) is 97.2 Å². The second kappa shape index (κ2) is 7.64. The Hall–Kier alpha value is -2.93. The largest absolute Gasteiger partial charge is 0.388 e. The first-order chi connectivity index (χ1) is 14.9. The maximum absolute atomic E-state index is 10.8. The Morgan fingerprint density at radius 1 is 1.16 bits per heavy atom. The standard InChI is InChI=1S/C24H23ClN4O2/c1-13(9-14-4-5-16-11-18(25)23(26)28-19(16)10-14)17-12-20(22(31)21(17)30)29-8-6-15-3-2-7-27-24(15)29/h2-8,10-13,20-22,30-31H,9H2,1H3,(H2,26,28)/t13?,20-,21-,22+/m1/s1. The Bertz CT molecular complexity index is 1320. The second-order valence-corrected chi connectivity index (χ2v) is 8.63. The fraction of sp³-hybridized carbons (Fsp3) is 0.250. The van der Waals surface area contributed by atoms with Gasteiger partial charge in [0.25, 0.3) is 0 Å². The van der Waals surface area contributed by atoms with E-state index in [4.69, 9.17) is 17.3 Å². The second-order valence-electron chi connectivity index (χ2n) is 8.22. The van der Waals surface area contributed by atoms with Gasteiger partial charge in [0, 0.05) is 23.2 Å². The van der Waals surface area contributed by atoms with Crippen molar-refractivity contribution in [2.24, 2.45) is 5.92 Å². The van der Waals surface area contributed by atoms with Crippen LogP contribution >= 0.6 is 11.6 Å². The van der Waals surface area contributed by atoms with Crippen LogP contribution in [0.15, 0.2) is 66.5 Å². The first kappa shape index (κ1) is 20.0. The van der Waals surface area contributed by atoms with Gasteiger partial charge < -0.3 is 20.5 Å². The molecule has 0 radical (unpaired) electrons.